The van der Waals surface area contributed by atoms with Crippen molar-refractivity contribution < 1.29 is 14.0 Å². The number of hydrogen-bond donors (Lipinski definition) is 2. The predicted molar refractivity (Wildman–Crippen MR) is 132 cm³/mol. The monoisotopic (exact) mass is 472 g/mol. The van der Waals surface area contributed by atoms with Crippen LogP contribution in [0.15, 0.2) is 70.3 Å². The Kier molecular flexibility index (Phi) is 5.86. The van der Waals surface area contributed by atoms with Gasteiger partial charge < -0.3 is 9.73 Å². The topological polar surface area (TPSA) is 96.6 Å². The van der Waals surface area contributed by atoms with E-state index in [0.29, 0.717) is 46.2 Å². The van der Waals surface area contributed by atoms with E-state index >= 15 is 0 Å². The van der Waals surface area contributed by atoms with Crippen molar-refractivity contribution in [1.82, 2.24) is 10.4 Å². The fourth-order valence-electron chi connectivity index (χ4n) is 4.17. The fourth-order valence-corrected chi connectivity index (χ4v) is 4.30. The summed E-state index contributed by atoms with van der Waals surface area (Å²) in [5.74, 6) is 0.269. The second kappa shape index (κ2) is 9.11. The Balaban J connectivity index is 1.40. The molecule has 2 heterocycles. The molecule has 2 aromatic heterocycles. The van der Waals surface area contributed by atoms with Crippen LogP contribution in [0.4, 0.5) is 5.69 Å². The first-order valence-electron chi connectivity index (χ1n) is 10.9. The van der Waals surface area contributed by atoms with E-state index in [1.807, 2.05) is 37.3 Å². The molecule has 1 aliphatic carbocycles. The SMILES string of the molecule is Cc1c(C(=O)Nc2cccc3ncccc23)oc2c1/C(=N/NC(=O)c1ccc(Cl)cc1)CCC2. The number of fused-ring (bicyclic) bond motifs is 2. The molecule has 170 valence electrons. The molecule has 0 spiro atoms. The molecule has 1 aliphatic rings. The molecular weight excluding hydrogens is 452 g/mol. The highest BCUT2D eigenvalue weighted by Crippen LogP contribution is 2.31. The molecule has 2 aromatic carbocycles. The van der Waals surface area contributed by atoms with Crippen LogP contribution in [0.25, 0.3) is 10.9 Å². The number of pyridine rings is 1. The molecule has 2 N–H and O–H groups in total. The summed E-state index contributed by atoms with van der Waals surface area (Å²) in [5, 5.41) is 8.72. The van der Waals surface area contributed by atoms with Gasteiger partial charge in [0.2, 0.25) is 0 Å². The van der Waals surface area contributed by atoms with Gasteiger partial charge in [-0.1, -0.05) is 17.7 Å². The number of hydrogen-bond acceptors (Lipinski definition) is 5. The molecule has 0 radical (unpaired) electrons. The second-order valence-electron chi connectivity index (χ2n) is 8.04. The number of anilines is 1. The lowest BCUT2D eigenvalue weighted by Gasteiger charge is -2.13. The summed E-state index contributed by atoms with van der Waals surface area (Å²) in [6, 6.07) is 15.9. The lowest BCUT2D eigenvalue weighted by atomic mass is 9.93. The Morgan fingerprint density at radius 1 is 1.03 bits per heavy atom. The number of benzene rings is 2. The number of aryl methyl sites for hydroxylation is 1. The quantitative estimate of drug-likeness (QED) is 0.382. The minimum Gasteiger partial charge on any atom is -0.455 e. The standard InChI is InChI=1S/C26H21ClN4O3/c1-15-23-21(30-31-25(32)16-10-12-17(27)13-11-16)8-3-9-22(23)34-24(15)26(33)29-20-7-2-6-19-18(20)5-4-14-28-19/h2,4-7,10-14H,3,8-9H2,1H3,(H,29,33)(H,31,32)/b30-21+. The zero-order chi connectivity index (χ0) is 23.7. The first-order chi connectivity index (χ1) is 16.5. The maximum atomic E-state index is 13.1. The number of amides is 2. The highest BCUT2D eigenvalue weighted by Gasteiger charge is 2.28. The Morgan fingerprint density at radius 3 is 2.68 bits per heavy atom. The zero-order valence-electron chi connectivity index (χ0n) is 18.4. The highest BCUT2D eigenvalue weighted by molar-refractivity contribution is 6.30. The molecule has 0 saturated heterocycles. The average molecular weight is 473 g/mol. The molecule has 0 fully saturated rings. The van der Waals surface area contributed by atoms with Crippen molar-refractivity contribution >= 4 is 45.7 Å². The number of hydrazone groups is 1. The summed E-state index contributed by atoms with van der Waals surface area (Å²) in [4.78, 5) is 29.9. The molecule has 0 unspecified atom stereocenters. The minimum absolute atomic E-state index is 0.240. The fraction of sp³-hybridized carbons (Fsp3) is 0.154. The van der Waals surface area contributed by atoms with Crippen molar-refractivity contribution in [2.45, 2.75) is 26.2 Å². The normalized spacial score (nSPS) is 14.1. The van der Waals surface area contributed by atoms with Crippen molar-refractivity contribution in [2.75, 3.05) is 5.32 Å². The summed E-state index contributed by atoms with van der Waals surface area (Å²) < 4.78 is 5.98. The van der Waals surface area contributed by atoms with E-state index in [4.69, 9.17) is 16.0 Å². The minimum atomic E-state index is -0.340. The van der Waals surface area contributed by atoms with Crippen LogP contribution in [0.1, 0.15) is 50.6 Å². The van der Waals surface area contributed by atoms with Crippen LogP contribution < -0.4 is 10.7 Å². The van der Waals surface area contributed by atoms with Crippen LogP contribution in [0.2, 0.25) is 5.02 Å². The molecule has 4 aromatic rings. The van der Waals surface area contributed by atoms with Gasteiger partial charge >= 0.3 is 0 Å². The van der Waals surface area contributed by atoms with E-state index < -0.39 is 0 Å². The summed E-state index contributed by atoms with van der Waals surface area (Å²) in [7, 11) is 0. The second-order valence-corrected chi connectivity index (χ2v) is 8.48. The summed E-state index contributed by atoms with van der Waals surface area (Å²) in [5.41, 5.74) is 6.70. The van der Waals surface area contributed by atoms with Crippen molar-refractivity contribution in [1.29, 1.82) is 0 Å². The van der Waals surface area contributed by atoms with Crippen molar-refractivity contribution in [3.63, 3.8) is 0 Å². The highest BCUT2D eigenvalue weighted by atomic mass is 35.5. The van der Waals surface area contributed by atoms with Crippen molar-refractivity contribution in [2.24, 2.45) is 5.10 Å². The molecule has 0 saturated carbocycles. The number of carbonyl (C=O) groups excluding carboxylic acids is 2. The lowest BCUT2D eigenvalue weighted by molar-refractivity contribution is 0.0953. The third kappa shape index (κ3) is 4.18. The van der Waals surface area contributed by atoms with E-state index in [-0.39, 0.29) is 17.6 Å². The molecule has 5 rings (SSSR count). The van der Waals surface area contributed by atoms with E-state index in [1.165, 1.54) is 0 Å². The average Bonchev–Trinajstić information content (AvgIpc) is 3.20. The molecule has 7 nitrogen and oxygen atoms in total. The molecule has 34 heavy (non-hydrogen) atoms. The number of rotatable bonds is 4. The molecule has 2 amide bonds. The van der Waals surface area contributed by atoms with E-state index in [2.05, 4.69) is 20.8 Å². The number of nitrogens with one attached hydrogen (secondary N) is 2. The van der Waals surface area contributed by atoms with Gasteiger partial charge in [-0.3, -0.25) is 14.6 Å². The smallest absolute Gasteiger partial charge is 0.291 e. The van der Waals surface area contributed by atoms with Crippen LogP contribution in [-0.2, 0) is 6.42 Å². The largest absolute Gasteiger partial charge is 0.455 e. The van der Waals surface area contributed by atoms with Crippen LogP contribution >= 0.6 is 11.6 Å². The van der Waals surface area contributed by atoms with Crippen LogP contribution in [0.3, 0.4) is 0 Å². The third-order valence-electron chi connectivity index (χ3n) is 5.82. The van der Waals surface area contributed by atoms with Gasteiger partial charge in [-0.15, -0.1) is 0 Å². The van der Waals surface area contributed by atoms with Gasteiger partial charge in [-0.25, -0.2) is 5.43 Å². The Morgan fingerprint density at radius 2 is 1.85 bits per heavy atom. The summed E-state index contributed by atoms with van der Waals surface area (Å²) in [6.07, 6.45) is 3.90. The van der Waals surface area contributed by atoms with Gasteiger partial charge in [-0.05, 0) is 68.3 Å². The van der Waals surface area contributed by atoms with Gasteiger partial charge in [-0.2, -0.15) is 5.10 Å². The van der Waals surface area contributed by atoms with Crippen LogP contribution in [-0.4, -0.2) is 22.5 Å². The lowest BCUT2D eigenvalue weighted by Crippen LogP contribution is -2.22. The van der Waals surface area contributed by atoms with Crippen LogP contribution in [0, 0.1) is 6.92 Å². The Hall–Kier alpha value is -3.97. The predicted octanol–water partition coefficient (Wildman–Crippen LogP) is 5.51. The number of halogens is 1. The number of carbonyl (C=O) groups is 2. The van der Waals surface area contributed by atoms with Crippen LogP contribution in [0.5, 0.6) is 0 Å². The number of nitrogens with zero attached hydrogens (tertiary/aromatic N) is 2. The molecule has 0 aliphatic heterocycles. The summed E-state index contributed by atoms with van der Waals surface area (Å²) >= 11 is 5.89. The molecular formula is C26H21ClN4O3. The van der Waals surface area contributed by atoms with E-state index in [1.54, 1.807) is 30.5 Å². The van der Waals surface area contributed by atoms with Crippen molar-refractivity contribution in [3.05, 3.63) is 94.0 Å². The van der Waals surface area contributed by atoms with Gasteiger partial charge in [0.05, 0.1) is 16.9 Å². The number of aromatic nitrogens is 1. The maximum Gasteiger partial charge on any atom is 0.291 e. The van der Waals surface area contributed by atoms with Crippen molar-refractivity contribution in [3.8, 4) is 0 Å². The molecule has 0 atom stereocenters. The Labute approximate surface area is 200 Å². The molecule has 0 bridgehead atoms. The van der Waals surface area contributed by atoms with E-state index in [9.17, 15) is 9.59 Å². The Bertz CT molecular complexity index is 1440. The van der Waals surface area contributed by atoms with Gasteiger partial charge in [0, 0.05) is 39.7 Å². The molecule has 8 heteroatoms. The first-order valence-corrected chi connectivity index (χ1v) is 11.3. The van der Waals surface area contributed by atoms with Gasteiger partial charge in [0.15, 0.2) is 5.76 Å². The van der Waals surface area contributed by atoms with Gasteiger partial charge in [0.1, 0.15) is 5.76 Å². The zero-order valence-corrected chi connectivity index (χ0v) is 19.1. The third-order valence-corrected chi connectivity index (χ3v) is 6.08. The first kappa shape index (κ1) is 21.9. The maximum absolute atomic E-state index is 13.1. The van der Waals surface area contributed by atoms with E-state index in [0.717, 1.165) is 22.9 Å². The number of furan rings is 1. The summed E-state index contributed by atoms with van der Waals surface area (Å²) in [6.45, 7) is 1.84. The van der Waals surface area contributed by atoms with Gasteiger partial charge in [0.25, 0.3) is 11.8 Å².